The van der Waals surface area contributed by atoms with Gasteiger partial charge in [-0.25, -0.2) is 0 Å². The second-order valence-electron chi connectivity index (χ2n) is 5.73. The third kappa shape index (κ3) is 2.58. The number of fused-ring (bicyclic) bond motifs is 2. The molecule has 1 N–H and O–H groups in total. The Labute approximate surface area is 140 Å². The molecule has 0 atom stereocenters. The summed E-state index contributed by atoms with van der Waals surface area (Å²) in [7, 11) is 0. The van der Waals surface area contributed by atoms with Gasteiger partial charge in [0.05, 0.1) is 25.3 Å². The number of rotatable bonds is 3. The topological polar surface area (TPSA) is 82.9 Å². The largest absolute Gasteiger partial charge is 0.379 e. The van der Waals surface area contributed by atoms with Crippen LogP contribution in [-0.4, -0.2) is 69.7 Å². The summed E-state index contributed by atoms with van der Waals surface area (Å²) in [6.07, 6.45) is 0. The number of amides is 1. The predicted molar refractivity (Wildman–Crippen MR) is 85.5 cm³/mol. The molecule has 4 rings (SSSR count). The zero-order valence-corrected chi connectivity index (χ0v) is 14.0. The Morgan fingerprint density at radius 3 is 2.83 bits per heavy atom. The van der Waals surface area contributed by atoms with Gasteiger partial charge >= 0.3 is 0 Å². The number of halogens is 1. The number of aromatic nitrogens is 3. The van der Waals surface area contributed by atoms with E-state index in [-0.39, 0.29) is 11.5 Å². The van der Waals surface area contributed by atoms with Gasteiger partial charge in [-0.3, -0.25) is 14.5 Å². The molecular weight excluding hydrogens is 366 g/mol. The Morgan fingerprint density at radius 2 is 2.04 bits per heavy atom. The first-order valence-electron chi connectivity index (χ1n) is 7.53. The normalized spacial score (nSPS) is 18.8. The van der Waals surface area contributed by atoms with Crippen molar-refractivity contribution < 1.29 is 9.53 Å². The molecule has 8 nitrogen and oxygen atoms in total. The summed E-state index contributed by atoms with van der Waals surface area (Å²) in [5, 5.41) is 4.10. The van der Waals surface area contributed by atoms with Gasteiger partial charge < -0.3 is 14.6 Å². The fraction of sp³-hybridized carbons (Fsp3) is 0.500. The first-order chi connectivity index (χ1) is 11.1. The van der Waals surface area contributed by atoms with E-state index < -0.39 is 0 Å². The number of aromatic amines is 1. The molecule has 0 saturated carbocycles. The van der Waals surface area contributed by atoms with Gasteiger partial charge in [-0.2, -0.15) is 9.61 Å². The lowest BCUT2D eigenvalue weighted by Crippen LogP contribution is -2.41. The van der Waals surface area contributed by atoms with Crippen molar-refractivity contribution in [2.75, 3.05) is 39.4 Å². The van der Waals surface area contributed by atoms with Crippen LogP contribution in [0.25, 0.3) is 5.65 Å². The maximum absolute atomic E-state index is 12.5. The van der Waals surface area contributed by atoms with E-state index in [1.165, 1.54) is 4.52 Å². The number of ether oxygens (including phenoxy) is 1. The van der Waals surface area contributed by atoms with E-state index in [9.17, 15) is 9.59 Å². The molecule has 2 aliphatic rings. The van der Waals surface area contributed by atoms with Crippen LogP contribution in [0.1, 0.15) is 16.1 Å². The maximum Gasteiger partial charge on any atom is 0.280 e. The zero-order chi connectivity index (χ0) is 16.0. The molecule has 0 aliphatic carbocycles. The molecule has 0 bridgehead atoms. The molecule has 1 saturated heterocycles. The molecular formula is C14H16BrN5O3. The second kappa shape index (κ2) is 5.73. The Morgan fingerprint density at radius 1 is 1.26 bits per heavy atom. The van der Waals surface area contributed by atoms with Crippen LogP contribution in [0.15, 0.2) is 15.5 Å². The predicted octanol–water partition coefficient (Wildman–Crippen LogP) is 0.0731. The van der Waals surface area contributed by atoms with Gasteiger partial charge in [0.25, 0.3) is 11.5 Å². The fourth-order valence-corrected chi connectivity index (χ4v) is 3.43. The molecule has 23 heavy (non-hydrogen) atoms. The lowest BCUT2D eigenvalue weighted by molar-refractivity contribution is 0.0327. The number of H-pyrrole nitrogens is 1. The van der Waals surface area contributed by atoms with Crippen molar-refractivity contribution in [2.45, 2.75) is 6.54 Å². The van der Waals surface area contributed by atoms with Crippen molar-refractivity contribution >= 4 is 27.5 Å². The summed E-state index contributed by atoms with van der Waals surface area (Å²) in [6, 6.07) is 1.69. The van der Waals surface area contributed by atoms with Crippen molar-refractivity contribution in [1.82, 2.24) is 24.4 Å². The van der Waals surface area contributed by atoms with Gasteiger partial charge in [0.15, 0.2) is 0 Å². The van der Waals surface area contributed by atoms with Crippen molar-refractivity contribution in [2.24, 2.45) is 0 Å². The van der Waals surface area contributed by atoms with Crippen LogP contribution in [0.2, 0.25) is 0 Å². The molecule has 4 heterocycles. The van der Waals surface area contributed by atoms with Crippen LogP contribution in [-0.2, 0) is 11.3 Å². The SMILES string of the molecule is O=C1c2[nH]c3cc(Br)nn3c(=O)c2CN1CCN1CCOCC1. The van der Waals surface area contributed by atoms with Crippen LogP contribution in [0.4, 0.5) is 0 Å². The molecule has 1 fully saturated rings. The number of carbonyl (C=O) groups excluding carboxylic acids is 1. The minimum Gasteiger partial charge on any atom is -0.379 e. The third-order valence-electron chi connectivity index (χ3n) is 4.32. The van der Waals surface area contributed by atoms with Gasteiger partial charge in [-0.15, -0.1) is 0 Å². The molecule has 122 valence electrons. The summed E-state index contributed by atoms with van der Waals surface area (Å²) in [5.41, 5.74) is 1.16. The lowest BCUT2D eigenvalue weighted by atomic mass is 10.3. The first kappa shape index (κ1) is 14.9. The Bertz CT molecular complexity index is 824. The van der Waals surface area contributed by atoms with E-state index in [1.54, 1.807) is 11.0 Å². The van der Waals surface area contributed by atoms with Gasteiger partial charge in [0.2, 0.25) is 0 Å². The van der Waals surface area contributed by atoms with E-state index in [0.29, 0.717) is 34.6 Å². The second-order valence-corrected chi connectivity index (χ2v) is 6.54. The van der Waals surface area contributed by atoms with Crippen LogP contribution in [0, 0.1) is 0 Å². The fourth-order valence-electron chi connectivity index (χ4n) is 3.05. The van der Waals surface area contributed by atoms with Gasteiger partial charge in [0.1, 0.15) is 15.9 Å². The van der Waals surface area contributed by atoms with E-state index in [4.69, 9.17) is 4.74 Å². The third-order valence-corrected chi connectivity index (χ3v) is 4.71. The number of hydrogen-bond acceptors (Lipinski definition) is 5. The molecule has 0 aromatic carbocycles. The summed E-state index contributed by atoms with van der Waals surface area (Å²) in [6.45, 7) is 4.97. The molecule has 0 spiro atoms. The van der Waals surface area contributed by atoms with Crippen LogP contribution >= 0.6 is 15.9 Å². The highest BCUT2D eigenvalue weighted by Gasteiger charge is 2.32. The summed E-state index contributed by atoms with van der Waals surface area (Å²) in [4.78, 5) is 32.0. The number of hydrogen-bond donors (Lipinski definition) is 1. The Hall–Kier alpha value is -1.71. The van der Waals surface area contributed by atoms with Gasteiger partial charge in [0, 0.05) is 32.2 Å². The monoisotopic (exact) mass is 381 g/mol. The molecule has 9 heteroatoms. The number of morpholine rings is 1. The molecule has 2 aromatic heterocycles. The summed E-state index contributed by atoms with van der Waals surface area (Å²) < 4.78 is 7.18. The van der Waals surface area contributed by atoms with Crippen LogP contribution in [0.3, 0.4) is 0 Å². The minimum atomic E-state index is -0.235. The Balaban J connectivity index is 1.55. The first-order valence-corrected chi connectivity index (χ1v) is 8.32. The highest BCUT2D eigenvalue weighted by atomic mass is 79.9. The van der Waals surface area contributed by atoms with E-state index >= 15 is 0 Å². The van der Waals surface area contributed by atoms with Crippen LogP contribution in [0.5, 0.6) is 0 Å². The highest BCUT2D eigenvalue weighted by Crippen LogP contribution is 2.19. The van der Waals surface area contributed by atoms with Crippen molar-refractivity contribution in [1.29, 1.82) is 0 Å². The van der Waals surface area contributed by atoms with Crippen molar-refractivity contribution in [3.8, 4) is 0 Å². The quantitative estimate of drug-likeness (QED) is 0.813. The average Bonchev–Trinajstić information content (AvgIpc) is 3.08. The van der Waals surface area contributed by atoms with Gasteiger partial charge in [-0.05, 0) is 15.9 Å². The Kier molecular flexibility index (Phi) is 3.70. The number of nitrogens with zero attached hydrogens (tertiary/aromatic N) is 4. The minimum absolute atomic E-state index is 0.120. The molecule has 0 unspecified atom stereocenters. The van der Waals surface area contributed by atoms with Crippen molar-refractivity contribution in [3.05, 3.63) is 32.3 Å². The highest BCUT2D eigenvalue weighted by molar-refractivity contribution is 9.10. The van der Waals surface area contributed by atoms with E-state index in [0.717, 1.165) is 32.8 Å². The zero-order valence-electron chi connectivity index (χ0n) is 12.4. The smallest absolute Gasteiger partial charge is 0.280 e. The number of nitrogens with one attached hydrogen (secondary N) is 1. The van der Waals surface area contributed by atoms with E-state index in [1.807, 2.05) is 0 Å². The maximum atomic E-state index is 12.5. The summed E-state index contributed by atoms with van der Waals surface area (Å²) >= 11 is 3.24. The van der Waals surface area contributed by atoms with E-state index in [2.05, 4.69) is 30.9 Å². The standard InChI is InChI=1S/C14H16BrN5O3/c15-10-7-11-16-12-9(13(21)20(11)17-10)8-19(14(12)22)2-1-18-3-5-23-6-4-18/h7,16H,1-6,8H2. The lowest BCUT2D eigenvalue weighted by Gasteiger charge is -2.28. The molecule has 2 aromatic rings. The molecule has 0 radical (unpaired) electrons. The average molecular weight is 382 g/mol. The molecule has 2 aliphatic heterocycles. The number of carbonyl (C=O) groups is 1. The molecule has 1 amide bonds. The summed E-state index contributed by atoms with van der Waals surface area (Å²) in [5.74, 6) is -0.120. The van der Waals surface area contributed by atoms with Gasteiger partial charge in [-0.1, -0.05) is 0 Å². The van der Waals surface area contributed by atoms with Crippen molar-refractivity contribution in [3.63, 3.8) is 0 Å². The van der Waals surface area contributed by atoms with Crippen LogP contribution < -0.4 is 5.56 Å².